The van der Waals surface area contributed by atoms with Crippen molar-refractivity contribution >= 4 is 27.6 Å². The zero-order valence-electron chi connectivity index (χ0n) is 19.8. The summed E-state index contributed by atoms with van der Waals surface area (Å²) in [5, 5.41) is 2.54. The fraction of sp³-hybridized carbons (Fsp3) is 0.417. The van der Waals surface area contributed by atoms with Crippen LogP contribution in [0.25, 0.3) is 0 Å². The van der Waals surface area contributed by atoms with Gasteiger partial charge in [0.05, 0.1) is 4.90 Å². The predicted molar refractivity (Wildman–Crippen MR) is 126 cm³/mol. The van der Waals surface area contributed by atoms with E-state index < -0.39 is 28.5 Å². The molecule has 34 heavy (non-hydrogen) atoms. The molecule has 2 aromatic carbocycles. The Morgan fingerprint density at radius 1 is 1.09 bits per heavy atom. The Morgan fingerprint density at radius 3 is 2.50 bits per heavy atom. The van der Waals surface area contributed by atoms with Crippen LogP contribution in [0.4, 0.5) is 5.69 Å². The maximum atomic E-state index is 12.7. The van der Waals surface area contributed by atoms with Crippen LogP contribution in [0.3, 0.4) is 0 Å². The number of carbonyl (C=O) groups excluding carboxylic acids is 2. The third kappa shape index (κ3) is 6.06. The van der Waals surface area contributed by atoms with E-state index in [1.54, 1.807) is 26.0 Å². The van der Waals surface area contributed by atoms with Crippen molar-refractivity contribution in [1.82, 2.24) is 4.31 Å². The normalized spacial score (nSPS) is 14.3. The largest absolute Gasteiger partial charge is 0.483 e. The van der Waals surface area contributed by atoms with Gasteiger partial charge in [-0.1, -0.05) is 32.0 Å². The molecule has 0 radical (unpaired) electrons. The zero-order chi connectivity index (χ0) is 24.9. The second-order valence-electron chi connectivity index (χ2n) is 8.40. The number of amides is 1. The van der Waals surface area contributed by atoms with Gasteiger partial charge in [0.15, 0.2) is 24.7 Å². The summed E-state index contributed by atoms with van der Waals surface area (Å²) in [4.78, 5) is 24.4. The van der Waals surface area contributed by atoms with Crippen molar-refractivity contribution in [2.24, 2.45) is 0 Å². The molecule has 1 aliphatic heterocycles. The smallest absolute Gasteiger partial charge is 0.344 e. The lowest BCUT2D eigenvalue weighted by molar-refractivity contribution is -0.149. The molecule has 0 spiro atoms. The minimum Gasteiger partial charge on any atom is -0.483 e. The molecule has 2 aromatic rings. The van der Waals surface area contributed by atoms with E-state index in [0.717, 1.165) is 12.0 Å². The van der Waals surface area contributed by atoms with E-state index >= 15 is 0 Å². The van der Waals surface area contributed by atoms with E-state index in [1.165, 1.54) is 22.5 Å². The molecule has 0 aromatic heterocycles. The van der Waals surface area contributed by atoms with Crippen molar-refractivity contribution in [3.63, 3.8) is 0 Å². The van der Waals surface area contributed by atoms with E-state index in [2.05, 4.69) is 5.32 Å². The average Bonchev–Trinajstić information content (AvgIpc) is 3.11. The van der Waals surface area contributed by atoms with Gasteiger partial charge in [0.25, 0.3) is 5.91 Å². The number of esters is 1. The fourth-order valence-corrected chi connectivity index (χ4v) is 5.17. The summed E-state index contributed by atoms with van der Waals surface area (Å²) in [6.07, 6.45) is 0.738. The van der Waals surface area contributed by atoms with Gasteiger partial charge in [0.2, 0.25) is 10.0 Å². The van der Waals surface area contributed by atoms with Gasteiger partial charge in [0, 0.05) is 30.8 Å². The highest BCUT2D eigenvalue weighted by atomic mass is 32.2. The lowest BCUT2D eigenvalue weighted by Gasteiger charge is -2.19. The van der Waals surface area contributed by atoms with Crippen LogP contribution in [0, 0.1) is 0 Å². The molecule has 3 rings (SSSR count). The van der Waals surface area contributed by atoms with Crippen molar-refractivity contribution in [1.29, 1.82) is 0 Å². The van der Waals surface area contributed by atoms with Gasteiger partial charge in [-0.2, -0.15) is 4.31 Å². The summed E-state index contributed by atoms with van der Waals surface area (Å²) < 4.78 is 43.1. The van der Waals surface area contributed by atoms with Gasteiger partial charge in [-0.15, -0.1) is 0 Å². The minimum absolute atomic E-state index is 0.0696. The number of carbonyl (C=O) groups is 2. The van der Waals surface area contributed by atoms with Gasteiger partial charge in [0.1, 0.15) is 5.60 Å². The number of sulfonamides is 1. The Kier molecular flexibility index (Phi) is 7.83. The van der Waals surface area contributed by atoms with Gasteiger partial charge < -0.3 is 19.5 Å². The van der Waals surface area contributed by atoms with Crippen molar-refractivity contribution in [2.75, 3.05) is 31.6 Å². The summed E-state index contributed by atoms with van der Waals surface area (Å²) in [7, 11) is -3.66. The standard InChI is InChI=1S/C24H30N2O7S/c1-5-26(6-2)34(29,30)19-11-8-10-18(13-19)25-21(27)15-32-22(28)16-31-20-12-7-9-17-14-24(3,4)33-23(17)20/h7-13H,5-6,14-16H2,1-4H3,(H,25,27). The number of nitrogens with zero attached hydrogens (tertiary/aromatic N) is 1. The van der Waals surface area contributed by atoms with E-state index in [9.17, 15) is 18.0 Å². The van der Waals surface area contributed by atoms with E-state index in [-0.39, 0.29) is 22.8 Å². The van der Waals surface area contributed by atoms with Crippen LogP contribution in [0.5, 0.6) is 11.5 Å². The highest BCUT2D eigenvalue weighted by molar-refractivity contribution is 7.89. The Morgan fingerprint density at radius 2 is 1.79 bits per heavy atom. The third-order valence-corrected chi connectivity index (χ3v) is 7.27. The van der Waals surface area contributed by atoms with Crippen molar-refractivity contribution in [2.45, 2.75) is 44.6 Å². The molecule has 0 saturated carbocycles. The van der Waals surface area contributed by atoms with Crippen LogP contribution in [-0.2, 0) is 30.8 Å². The Bertz CT molecular complexity index is 1160. The maximum absolute atomic E-state index is 12.7. The molecule has 0 saturated heterocycles. The number of para-hydroxylation sites is 1. The molecular formula is C24H30N2O7S. The molecule has 184 valence electrons. The highest BCUT2D eigenvalue weighted by Crippen LogP contribution is 2.41. The number of benzene rings is 2. The summed E-state index contributed by atoms with van der Waals surface area (Å²) in [6.45, 7) is 7.20. The second-order valence-corrected chi connectivity index (χ2v) is 10.3. The van der Waals surface area contributed by atoms with Gasteiger partial charge in [-0.05, 0) is 38.1 Å². The Labute approximate surface area is 200 Å². The first-order valence-electron chi connectivity index (χ1n) is 11.0. The molecule has 1 heterocycles. The maximum Gasteiger partial charge on any atom is 0.344 e. The molecule has 0 atom stereocenters. The second kappa shape index (κ2) is 10.4. The van der Waals surface area contributed by atoms with Crippen LogP contribution < -0.4 is 14.8 Å². The summed E-state index contributed by atoms with van der Waals surface area (Å²) in [5.41, 5.74) is 0.938. The molecule has 0 unspecified atom stereocenters. The van der Waals surface area contributed by atoms with Crippen molar-refractivity contribution in [3.05, 3.63) is 48.0 Å². The average molecular weight is 491 g/mol. The minimum atomic E-state index is -3.66. The lowest BCUT2D eigenvalue weighted by Crippen LogP contribution is -2.30. The van der Waals surface area contributed by atoms with Crippen LogP contribution in [0.15, 0.2) is 47.4 Å². The zero-order valence-corrected chi connectivity index (χ0v) is 20.6. The monoisotopic (exact) mass is 490 g/mol. The molecule has 1 aliphatic rings. The summed E-state index contributed by atoms with van der Waals surface area (Å²) >= 11 is 0. The third-order valence-electron chi connectivity index (χ3n) is 5.23. The summed E-state index contributed by atoms with van der Waals surface area (Å²) in [5.74, 6) is -0.271. The van der Waals surface area contributed by atoms with Crippen LogP contribution in [0.2, 0.25) is 0 Å². The van der Waals surface area contributed by atoms with E-state index in [1.807, 2.05) is 26.0 Å². The molecule has 9 nitrogen and oxygen atoms in total. The number of fused-ring (bicyclic) bond motifs is 1. The number of rotatable bonds is 10. The molecule has 0 aliphatic carbocycles. The van der Waals surface area contributed by atoms with Crippen molar-refractivity contribution in [3.8, 4) is 11.5 Å². The van der Waals surface area contributed by atoms with Crippen LogP contribution in [0.1, 0.15) is 33.3 Å². The Balaban J connectivity index is 1.52. The van der Waals surface area contributed by atoms with Crippen LogP contribution in [-0.4, -0.2) is 56.5 Å². The quantitative estimate of drug-likeness (QED) is 0.510. The molecular weight excluding hydrogens is 460 g/mol. The first-order valence-corrected chi connectivity index (χ1v) is 12.5. The molecule has 1 N–H and O–H groups in total. The SMILES string of the molecule is CCN(CC)S(=O)(=O)c1cccc(NC(=O)COC(=O)COc2cccc3c2OC(C)(C)C3)c1. The first-order chi connectivity index (χ1) is 16.1. The number of nitrogens with one attached hydrogen (secondary N) is 1. The molecule has 1 amide bonds. The fourth-order valence-electron chi connectivity index (χ4n) is 3.67. The van der Waals surface area contributed by atoms with Gasteiger partial charge in [-0.3, -0.25) is 4.79 Å². The van der Waals surface area contributed by atoms with E-state index in [4.69, 9.17) is 14.2 Å². The predicted octanol–water partition coefficient (Wildman–Crippen LogP) is 2.99. The number of anilines is 1. The Hall–Kier alpha value is -3.11. The first kappa shape index (κ1) is 25.5. The number of hydrogen-bond acceptors (Lipinski definition) is 7. The highest BCUT2D eigenvalue weighted by Gasteiger charge is 2.32. The summed E-state index contributed by atoms with van der Waals surface area (Å²) in [6, 6.07) is 11.4. The number of ether oxygens (including phenoxy) is 3. The van der Waals surface area contributed by atoms with Crippen LogP contribution >= 0.6 is 0 Å². The van der Waals surface area contributed by atoms with Crippen molar-refractivity contribution < 1.29 is 32.2 Å². The van der Waals surface area contributed by atoms with Gasteiger partial charge in [-0.25, -0.2) is 13.2 Å². The van der Waals surface area contributed by atoms with E-state index in [0.29, 0.717) is 24.6 Å². The molecule has 10 heteroatoms. The molecule has 0 fully saturated rings. The number of hydrogen-bond donors (Lipinski definition) is 1. The van der Waals surface area contributed by atoms with Gasteiger partial charge >= 0.3 is 5.97 Å². The topological polar surface area (TPSA) is 111 Å². The lowest BCUT2D eigenvalue weighted by atomic mass is 10.0. The molecule has 0 bridgehead atoms.